The van der Waals surface area contributed by atoms with Crippen LogP contribution in [0.3, 0.4) is 0 Å². The van der Waals surface area contributed by atoms with Crippen LogP contribution in [0.15, 0.2) is 4.99 Å². The van der Waals surface area contributed by atoms with Crippen molar-refractivity contribution in [2.24, 2.45) is 33.8 Å². The lowest BCUT2D eigenvalue weighted by molar-refractivity contribution is -0.142. The summed E-state index contributed by atoms with van der Waals surface area (Å²) in [4.78, 5) is 120. The normalized spacial score (nSPS) is 16.3. The first kappa shape index (κ1) is 54.4. The van der Waals surface area contributed by atoms with Gasteiger partial charge in [0.2, 0.25) is 35.4 Å². The first-order valence-corrected chi connectivity index (χ1v) is 21.0. The largest absolute Gasteiger partial charge is 0.481 e. The van der Waals surface area contributed by atoms with E-state index in [1.807, 2.05) is 0 Å². The number of hydrogen-bond acceptors (Lipinski definition) is 13. The highest BCUT2D eigenvalue weighted by molar-refractivity contribution is 5.98. The Morgan fingerprint density at radius 3 is 1.55 bits per heavy atom. The van der Waals surface area contributed by atoms with Gasteiger partial charge in [-0.2, -0.15) is 0 Å². The summed E-state index contributed by atoms with van der Waals surface area (Å²) >= 11 is 0. The molecule has 6 amide bonds. The van der Waals surface area contributed by atoms with Crippen molar-refractivity contribution in [3.8, 4) is 0 Å². The van der Waals surface area contributed by atoms with E-state index < -0.39 is 108 Å². The van der Waals surface area contributed by atoms with E-state index in [1.54, 1.807) is 13.8 Å². The van der Waals surface area contributed by atoms with Crippen LogP contribution in [0.4, 0.5) is 0 Å². The number of unbranched alkanes of at least 4 members (excludes halogenated alkanes) is 2. The third kappa shape index (κ3) is 22.3. The maximum atomic E-state index is 13.8. The fraction of sp³-hybridized carbons (Fsp3) is 0.737. The lowest BCUT2D eigenvalue weighted by Gasteiger charge is -2.28. The summed E-state index contributed by atoms with van der Waals surface area (Å²) in [6.07, 6.45) is 1.17. The molecule has 352 valence electrons. The molecule has 1 rings (SSSR count). The van der Waals surface area contributed by atoms with Gasteiger partial charge >= 0.3 is 17.9 Å². The Kier molecular flexibility index (Phi) is 26.0. The molecule has 0 bridgehead atoms. The molecule has 0 aromatic carbocycles. The molecule has 1 fully saturated rings. The van der Waals surface area contributed by atoms with Crippen LogP contribution in [0.1, 0.15) is 104 Å². The molecule has 0 aromatic heterocycles. The molecular weight excluding hydrogens is 816 g/mol. The van der Waals surface area contributed by atoms with Crippen molar-refractivity contribution in [3.63, 3.8) is 0 Å². The summed E-state index contributed by atoms with van der Waals surface area (Å²) < 4.78 is 0. The van der Waals surface area contributed by atoms with Gasteiger partial charge in [0, 0.05) is 13.0 Å². The number of nitrogens with one attached hydrogen (secondary N) is 7. The van der Waals surface area contributed by atoms with Gasteiger partial charge in [-0.1, -0.05) is 13.8 Å². The smallest absolute Gasteiger partial charge is 0.326 e. The summed E-state index contributed by atoms with van der Waals surface area (Å²) in [5.74, 6) is -9.73. The number of aliphatic imine (C=N–C) groups is 1. The third-order valence-corrected chi connectivity index (χ3v) is 9.73. The van der Waals surface area contributed by atoms with E-state index in [2.05, 4.69) is 42.2 Å². The van der Waals surface area contributed by atoms with E-state index in [1.165, 1.54) is 0 Å². The molecule has 7 atom stereocenters. The Morgan fingerprint density at radius 2 is 1.08 bits per heavy atom. The molecule has 0 spiro atoms. The van der Waals surface area contributed by atoms with Gasteiger partial charge in [0.05, 0.1) is 12.5 Å². The SMILES string of the molecule is CC(C)C[C@H](NC(=O)[C@H](CC(=O)O)NC(=O)[C@H](CCCCN)NC(=O)[C@H](CCC(=O)O)NC(=O)[C@@H]1CCCN1)C(=O)N[C@@H](CCCN=C(N)N)C(=O)N[C@@H](CCCCN)C(=O)O. The molecule has 1 saturated heterocycles. The zero-order valence-electron chi connectivity index (χ0n) is 35.6. The number of carbonyl (C=O) groups excluding carboxylic acids is 6. The number of carboxylic acid groups (broad SMARTS) is 3. The Bertz CT molecular complexity index is 1540. The minimum absolute atomic E-state index is 0.0257. The molecule has 1 heterocycles. The minimum Gasteiger partial charge on any atom is -0.481 e. The zero-order valence-corrected chi connectivity index (χ0v) is 35.6. The average Bonchev–Trinajstić information content (AvgIpc) is 3.74. The number of nitrogens with two attached hydrogens (primary N) is 4. The van der Waals surface area contributed by atoms with E-state index in [0.717, 1.165) is 0 Å². The van der Waals surface area contributed by atoms with Crippen LogP contribution in [-0.4, -0.2) is 143 Å². The molecule has 24 nitrogen and oxygen atoms in total. The molecule has 0 aromatic rings. The number of rotatable bonds is 32. The molecule has 1 aliphatic rings. The predicted molar refractivity (Wildman–Crippen MR) is 225 cm³/mol. The van der Waals surface area contributed by atoms with Gasteiger partial charge < -0.3 is 75.5 Å². The Hall–Kier alpha value is -5.62. The van der Waals surface area contributed by atoms with E-state index in [0.29, 0.717) is 51.6 Å². The van der Waals surface area contributed by atoms with Gasteiger partial charge in [0.25, 0.3) is 0 Å². The van der Waals surface area contributed by atoms with Crippen molar-refractivity contribution < 1.29 is 58.5 Å². The first-order valence-electron chi connectivity index (χ1n) is 21.0. The molecule has 0 saturated carbocycles. The van der Waals surface area contributed by atoms with Crippen molar-refractivity contribution >= 4 is 59.3 Å². The fourth-order valence-corrected chi connectivity index (χ4v) is 6.45. The molecule has 0 radical (unpaired) electrons. The molecule has 62 heavy (non-hydrogen) atoms. The maximum absolute atomic E-state index is 13.8. The molecule has 0 aliphatic carbocycles. The van der Waals surface area contributed by atoms with Crippen LogP contribution in [0.2, 0.25) is 0 Å². The minimum atomic E-state index is -1.80. The summed E-state index contributed by atoms with van der Waals surface area (Å²) in [5, 5.41) is 46.6. The highest BCUT2D eigenvalue weighted by atomic mass is 16.4. The number of nitrogens with zero attached hydrogens (tertiary/aromatic N) is 1. The van der Waals surface area contributed by atoms with Gasteiger partial charge in [-0.15, -0.1) is 0 Å². The van der Waals surface area contributed by atoms with Crippen LogP contribution in [0, 0.1) is 5.92 Å². The Balaban J connectivity index is 3.36. The second kappa shape index (κ2) is 29.6. The monoisotopic (exact) mass is 885 g/mol. The third-order valence-electron chi connectivity index (χ3n) is 9.73. The molecular formula is C38H68N12O12. The molecule has 1 aliphatic heterocycles. The predicted octanol–water partition coefficient (Wildman–Crippen LogP) is -3.57. The topological polar surface area (TPSA) is 415 Å². The summed E-state index contributed by atoms with van der Waals surface area (Å²) in [7, 11) is 0. The number of hydrogen-bond donors (Lipinski definition) is 14. The van der Waals surface area contributed by atoms with Gasteiger partial charge in [0.1, 0.15) is 36.3 Å². The van der Waals surface area contributed by atoms with E-state index in [-0.39, 0.29) is 63.5 Å². The van der Waals surface area contributed by atoms with Crippen LogP contribution in [0.5, 0.6) is 0 Å². The van der Waals surface area contributed by atoms with Crippen LogP contribution in [0.25, 0.3) is 0 Å². The van der Waals surface area contributed by atoms with Crippen LogP contribution in [-0.2, 0) is 43.2 Å². The number of aliphatic carboxylic acids is 3. The lowest BCUT2D eigenvalue weighted by Crippen LogP contribution is -2.60. The maximum Gasteiger partial charge on any atom is 0.326 e. The fourth-order valence-electron chi connectivity index (χ4n) is 6.45. The quantitative estimate of drug-likeness (QED) is 0.0176. The van der Waals surface area contributed by atoms with E-state index in [9.17, 15) is 58.5 Å². The van der Waals surface area contributed by atoms with Gasteiger partial charge in [0.15, 0.2) is 5.96 Å². The second-order valence-corrected chi connectivity index (χ2v) is 15.5. The summed E-state index contributed by atoms with van der Waals surface area (Å²) in [6.45, 7) is 4.63. The van der Waals surface area contributed by atoms with Crippen molar-refractivity contribution in [2.45, 2.75) is 146 Å². The molecule has 0 unspecified atom stereocenters. The van der Waals surface area contributed by atoms with Crippen molar-refractivity contribution in [3.05, 3.63) is 0 Å². The van der Waals surface area contributed by atoms with Crippen LogP contribution < -0.4 is 60.2 Å². The number of amides is 6. The van der Waals surface area contributed by atoms with Gasteiger partial charge in [-0.25, -0.2) is 4.79 Å². The van der Waals surface area contributed by atoms with Crippen LogP contribution >= 0.6 is 0 Å². The first-order chi connectivity index (χ1) is 29.3. The van der Waals surface area contributed by atoms with E-state index in [4.69, 9.17) is 22.9 Å². The second-order valence-electron chi connectivity index (χ2n) is 15.5. The molecule has 18 N–H and O–H groups in total. The van der Waals surface area contributed by atoms with Gasteiger partial charge in [-0.05, 0) is 103 Å². The average molecular weight is 885 g/mol. The summed E-state index contributed by atoms with van der Waals surface area (Å²) in [5.41, 5.74) is 22.0. The standard InChI is InChI=1S/C38H68N12O12/c1-21(2)19-27(35(59)46-24(12-8-18-44-38(41)42)32(56)48-26(37(61)62)10-4-6-16-40)49-36(60)28(20-30(53)54)50-33(57)23(9-3-5-15-39)45-34(58)25(13-14-29(51)52)47-31(55)22-11-7-17-43-22/h21-28,43H,3-20,39-40H2,1-2H3,(H,45,58)(H,46,59)(H,47,55)(H,48,56)(H,49,60)(H,50,57)(H,51,52)(H,53,54)(H,61,62)(H4,41,42,44)/t22-,23-,24-,25-,26-,27-,28-/m0/s1. The number of carboxylic acids is 3. The van der Waals surface area contributed by atoms with Crippen molar-refractivity contribution in [1.29, 1.82) is 0 Å². The highest BCUT2D eigenvalue weighted by Gasteiger charge is 2.35. The van der Waals surface area contributed by atoms with Crippen molar-refractivity contribution in [2.75, 3.05) is 26.2 Å². The Labute approximate surface area is 360 Å². The van der Waals surface area contributed by atoms with E-state index >= 15 is 0 Å². The number of carbonyl (C=O) groups is 9. The zero-order chi connectivity index (χ0) is 46.8. The summed E-state index contributed by atoms with van der Waals surface area (Å²) in [6, 6.07) is -9.17. The lowest BCUT2D eigenvalue weighted by atomic mass is 10.0. The van der Waals surface area contributed by atoms with Gasteiger partial charge in [-0.3, -0.25) is 43.3 Å². The molecule has 24 heteroatoms. The Morgan fingerprint density at radius 1 is 0.613 bits per heavy atom. The number of guanidine groups is 1. The van der Waals surface area contributed by atoms with Crippen molar-refractivity contribution in [1.82, 2.24) is 37.2 Å². The highest BCUT2D eigenvalue weighted by Crippen LogP contribution is 2.12.